The molecule has 1 heterocycles. The summed E-state index contributed by atoms with van der Waals surface area (Å²) in [6.45, 7) is 1.88. The summed E-state index contributed by atoms with van der Waals surface area (Å²) in [7, 11) is 0. The number of hydrogen-bond donors (Lipinski definition) is 2. The zero-order valence-electron chi connectivity index (χ0n) is 8.47. The number of nitrogens with one attached hydrogen (secondary N) is 1. The second kappa shape index (κ2) is 4.23. The van der Waals surface area contributed by atoms with Gasteiger partial charge in [0, 0.05) is 22.8 Å². The van der Waals surface area contributed by atoms with Gasteiger partial charge in [0.25, 0.3) is 5.91 Å². The van der Waals surface area contributed by atoms with Crippen LogP contribution in [0.5, 0.6) is 0 Å². The van der Waals surface area contributed by atoms with E-state index in [1.165, 1.54) is 0 Å². The van der Waals surface area contributed by atoms with Gasteiger partial charge in [-0.2, -0.15) is 0 Å². The van der Waals surface area contributed by atoms with Gasteiger partial charge in [0.15, 0.2) is 0 Å². The van der Waals surface area contributed by atoms with E-state index in [1.54, 1.807) is 18.2 Å². The highest BCUT2D eigenvalue weighted by atomic mass is 32.1. The van der Waals surface area contributed by atoms with E-state index in [2.05, 4.69) is 20.1 Å². The molecule has 1 aromatic carbocycles. The number of anilines is 2. The van der Waals surface area contributed by atoms with Crippen LogP contribution in [0.3, 0.4) is 0 Å². The van der Waals surface area contributed by atoms with Crippen molar-refractivity contribution in [3.63, 3.8) is 0 Å². The SMILES string of the molecule is Cc1ccc(C(=O)Nc2nnns2)cc1N. The standard InChI is InChI=1S/C9H9N5OS/c1-5-2-3-6(4-7(5)10)8(15)11-9-12-13-14-16-9/h2-4H,10H2,1H3,(H,11,12,14,15). The topological polar surface area (TPSA) is 93.8 Å². The molecular weight excluding hydrogens is 226 g/mol. The van der Waals surface area contributed by atoms with Crippen molar-refractivity contribution < 1.29 is 4.79 Å². The highest BCUT2D eigenvalue weighted by Gasteiger charge is 2.09. The van der Waals surface area contributed by atoms with Crippen molar-refractivity contribution in [1.82, 2.24) is 14.8 Å². The molecule has 0 aliphatic heterocycles. The number of nitrogens with two attached hydrogens (primary N) is 1. The van der Waals surface area contributed by atoms with Gasteiger partial charge in [-0.3, -0.25) is 10.1 Å². The number of hydrogen-bond acceptors (Lipinski definition) is 6. The highest BCUT2D eigenvalue weighted by molar-refractivity contribution is 7.09. The average Bonchev–Trinajstić information content (AvgIpc) is 2.74. The zero-order valence-corrected chi connectivity index (χ0v) is 9.28. The first kappa shape index (κ1) is 10.5. The number of nitrogen functional groups attached to an aromatic ring is 1. The molecule has 1 amide bonds. The molecule has 82 valence electrons. The normalized spacial score (nSPS) is 10.1. The predicted molar refractivity (Wildman–Crippen MR) is 61.2 cm³/mol. The second-order valence-corrected chi connectivity index (χ2v) is 3.93. The fourth-order valence-electron chi connectivity index (χ4n) is 1.13. The molecule has 6 nitrogen and oxygen atoms in total. The first-order chi connectivity index (χ1) is 7.66. The molecule has 1 aromatic heterocycles. The van der Waals surface area contributed by atoms with Gasteiger partial charge in [-0.15, -0.1) is 0 Å². The molecule has 0 fully saturated rings. The molecule has 2 aromatic rings. The van der Waals surface area contributed by atoms with Gasteiger partial charge < -0.3 is 5.73 Å². The molecule has 0 radical (unpaired) electrons. The van der Waals surface area contributed by atoms with Crippen molar-refractivity contribution in [2.75, 3.05) is 11.1 Å². The van der Waals surface area contributed by atoms with Gasteiger partial charge in [0.05, 0.1) is 0 Å². The highest BCUT2D eigenvalue weighted by Crippen LogP contribution is 2.14. The number of nitrogens with zero attached hydrogens (tertiary/aromatic N) is 3. The molecule has 16 heavy (non-hydrogen) atoms. The Bertz CT molecular complexity index is 511. The third kappa shape index (κ3) is 2.14. The number of benzene rings is 1. The number of carbonyl (C=O) groups excluding carboxylic acids is 1. The molecule has 3 N–H and O–H groups in total. The minimum atomic E-state index is -0.273. The van der Waals surface area contributed by atoms with Gasteiger partial charge in [0.1, 0.15) is 0 Å². The molecule has 0 aliphatic rings. The maximum atomic E-state index is 11.7. The average molecular weight is 235 g/mol. The van der Waals surface area contributed by atoms with Crippen molar-refractivity contribution in [3.8, 4) is 0 Å². The molecule has 0 unspecified atom stereocenters. The van der Waals surface area contributed by atoms with Crippen molar-refractivity contribution in [3.05, 3.63) is 29.3 Å². The molecule has 0 saturated carbocycles. The summed E-state index contributed by atoms with van der Waals surface area (Å²) in [5.41, 5.74) is 7.72. The first-order valence-electron chi connectivity index (χ1n) is 4.49. The van der Waals surface area contributed by atoms with Crippen molar-refractivity contribution >= 4 is 28.3 Å². The summed E-state index contributed by atoms with van der Waals surface area (Å²) in [5, 5.41) is 9.93. The molecule has 2 rings (SSSR count). The quantitative estimate of drug-likeness (QED) is 0.759. The monoisotopic (exact) mass is 235 g/mol. The van der Waals surface area contributed by atoms with E-state index in [0.29, 0.717) is 16.4 Å². The molecule has 7 heteroatoms. The predicted octanol–water partition coefficient (Wildman–Crippen LogP) is 1.08. The lowest BCUT2D eigenvalue weighted by molar-refractivity contribution is 0.102. The summed E-state index contributed by atoms with van der Waals surface area (Å²) in [6, 6.07) is 5.12. The Morgan fingerprint density at radius 2 is 2.31 bits per heavy atom. The van der Waals surface area contributed by atoms with Gasteiger partial charge in [-0.05, 0) is 29.8 Å². The Hall–Kier alpha value is -2.02. The maximum Gasteiger partial charge on any atom is 0.257 e. The van der Waals surface area contributed by atoms with Crippen molar-refractivity contribution in [1.29, 1.82) is 0 Å². The van der Waals surface area contributed by atoms with Crippen LogP contribution in [0.2, 0.25) is 0 Å². The van der Waals surface area contributed by atoms with Crippen LogP contribution in [-0.2, 0) is 0 Å². The van der Waals surface area contributed by atoms with Crippen LogP contribution >= 0.6 is 11.5 Å². The largest absolute Gasteiger partial charge is 0.398 e. The number of carbonyl (C=O) groups is 1. The van der Waals surface area contributed by atoms with Gasteiger partial charge in [-0.1, -0.05) is 15.7 Å². The second-order valence-electron chi connectivity index (χ2n) is 3.19. The summed E-state index contributed by atoms with van der Waals surface area (Å²) >= 11 is 1.02. The van der Waals surface area contributed by atoms with Crippen LogP contribution in [-0.4, -0.2) is 20.7 Å². The number of amides is 1. The Morgan fingerprint density at radius 1 is 1.50 bits per heavy atom. The molecule has 0 spiro atoms. The number of aryl methyl sites for hydroxylation is 1. The van der Waals surface area contributed by atoms with E-state index in [0.717, 1.165) is 17.1 Å². The van der Waals surface area contributed by atoms with Crippen LogP contribution in [0, 0.1) is 6.92 Å². The van der Waals surface area contributed by atoms with Gasteiger partial charge >= 0.3 is 0 Å². The fourth-order valence-corrected chi connectivity index (χ4v) is 1.49. The number of aromatic nitrogens is 3. The van der Waals surface area contributed by atoms with Crippen LogP contribution in [0.1, 0.15) is 15.9 Å². The molecule has 0 atom stereocenters. The molecule has 0 saturated heterocycles. The lowest BCUT2D eigenvalue weighted by Crippen LogP contribution is -2.12. The molecule has 0 aliphatic carbocycles. The van der Waals surface area contributed by atoms with Crippen molar-refractivity contribution in [2.24, 2.45) is 0 Å². The number of rotatable bonds is 2. The maximum absolute atomic E-state index is 11.7. The minimum Gasteiger partial charge on any atom is -0.398 e. The van der Waals surface area contributed by atoms with E-state index in [9.17, 15) is 4.79 Å². The van der Waals surface area contributed by atoms with E-state index >= 15 is 0 Å². The molecule has 0 bridgehead atoms. The van der Waals surface area contributed by atoms with Crippen LogP contribution in [0.15, 0.2) is 18.2 Å². The minimum absolute atomic E-state index is 0.273. The third-order valence-electron chi connectivity index (χ3n) is 2.06. The summed E-state index contributed by atoms with van der Waals surface area (Å²) in [6.07, 6.45) is 0. The van der Waals surface area contributed by atoms with Crippen LogP contribution < -0.4 is 11.1 Å². The lowest BCUT2D eigenvalue weighted by Gasteiger charge is -2.03. The van der Waals surface area contributed by atoms with E-state index in [1.807, 2.05) is 6.92 Å². The molecular formula is C9H9N5OS. The Morgan fingerprint density at radius 3 is 2.94 bits per heavy atom. The van der Waals surface area contributed by atoms with E-state index < -0.39 is 0 Å². The lowest BCUT2D eigenvalue weighted by atomic mass is 10.1. The zero-order chi connectivity index (χ0) is 11.5. The Kier molecular flexibility index (Phi) is 2.78. The summed E-state index contributed by atoms with van der Waals surface area (Å²) in [5.74, 6) is -0.273. The van der Waals surface area contributed by atoms with E-state index in [4.69, 9.17) is 5.73 Å². The first-order valence-corrected chi connectivity index (χ1v) is 5.26. The van der Waals surface area contributed by atoms with Crippen LogP contribution in [0.4, 0.5) is 10.8 Å². The van der Waals surface area contributed by atoms with Gasteiger partial charge in [-0.25, -0.2) is 0 Å². The Labute approximate surface area is 95.6 Å². The Balaban J connectivity index is 2.18. The van der Waals surface area contributed by atoms with Crippen molar-refractivity contribution in [2.45, 2.75) is 6.92 Å². The fraction of sp³-hybridized carbons (Fsp3) is 0.111. The van der Waals surface area contributed by atoms with Gasteiger partial charge in [0.2, 0.25) is 5.13 Å². The van der Waals surface area contributed by atoms with E-state index in [-0.39, 0.29) is 5.91 Å². The summed E-state index contributed by atoms with van der Waals surface area (Å²) in [4.78, 5) is 11.7. The summed E-state index contributed by atoms with van der Waals surface area (Å²) < 4.78 is 3.54. The van der Waals surface area contributed by atoms with Crippen LogP contribution in [0.25, 0.3) is 0 Å². The smallest absolute Gasteiger partial charge is 0.257 e. The third-order valence-corrected chi connectivity index (χ3v) is 2.57.